The van der Waals surface area contributed by atoms with Crippen molar-refractivity contribution in [2.75, 3.05) is 0 Å². The van der Waals surface area contributed by atoms with E-state index in [1.54, 1.807) is 0 Å². The molecule has 3 heteroatoms. The summed E-state index contributed by atoms with van der Waals surface area (Å²) in [5.41, 5.74) is 3.50. The van der Waals surface area contributed by atoms with E-state index in [-0.39, 0.29) is 0 Å². The van der Waals surface area contributed by atoms with Crippen molar-refractivity contribution < 1.29 is 0 Å². The van der Waals surface area contributed by atoms with Crippen LogP contribution in [-0.4, -0.2) is 9.55 Å². The van der Waals surface area contributed by atoms with Crippen LogP contribution in [0.15, 0.2) is 72.0 Å². The van der Waals surface area contributed by atoms with Gasteiger partial charge in [0.1, 0.15) is 0 Å². The van der Waals surface area contributed by atoms with E-state index in [1.165, 1.54) is 11.1 Å². The van der Waals surface area contributed by atoms with Gasteiger partial charge in [-0.2, -0.15) is 0 Å². The standard InChI is InChI=1S/C16H14N2S/c19-16-9-5-4-8-14(16)11-18-12-17-10-15(18)13-6-2-1-3-7-13/h1-10,12,19H,11H2. The zero-order valence-electron chi connectivity index (χ0n) is 10.4. The average Bonchev–Trinajstić information content (AvgIpc) is 2.91. The first-order valence-electron chi connectivity index (χ1n) is 6.17. The van der Waals surface area contributed by atoms with Crippen molar-refractivity contribution >= 4 is 12.6 Å². The Morgan fingerprint density at radius 2 is 1.68 bits per heavy atom. The molecule has 19 heavy (non-hydrogen) atoms. The van der Waals surface area contributed by atoms with Gasteiger partial charge in [0, 0.05) is 4.90 Å². The van der Waals surface area contributed by atoms with Gasteiger partial charge in [-0.15, -0.1) is 12.6 Å². The minimum atomic E-state index is 0.782. The highest BCUT2D eigenvalue weighted by Crippen LogP contribution is 2.21. The molecule has 3 aromatic rings. The Bertz CT molecular complexity index is 674. The molecule has 1 aromatic heterocycles. The lowest BCUT2D eigenvalue weighted by molar-refractivity contribution is 0.791. The van der Waals surface area contributed by atoms with Crippen LogP contribution < -0.4 is 0 Å². The van der Waals surface area contributed by atoms with E-state index in [0.29, 0.717) is 0 Å². The van der Waals surface area contributed by atoms with Crippen LogP contribution in [0.25, 0.3) is 11.3 Å². The Kier molecular flexibility index (Phi) is 3.38. The Morgan fingerprint density at radius 3 is 2.47 bits per heavy atom. The van der Waals surface area contributed by atoms with E-state index in [0.717, 1.165) is 17.1 Å². The van der Waals surface area contributed by atoms with Crippen molar-refractivity contribution in [3.05, 3.63) is 72.7 Å². The van der Waals surface area contributed by atoms with Crippen LogP contribution in [0.2, 0.25) is 0 Å². The van der Waals surface area contributed by atoms with Gasteiger partial charge < -0.3 is 4.57 Å². The molecule has 0 aliphatic carbocycles. The van der Waals surface area contributed by atoms with Crippen molar-refractivity contribution in [1.82, 2.24) is 9.55 Å². The van der Waals surface area contributed by atoms with Crippen LogP contribution in [0.4, 0.5) is 0 Å². The Labute approximate surface area is 118 Å². The van der Waals surface area contributed by atoms with Crippen LogP contribution in [0, 0.1) is 0 Å². The molecule has 3 rings (SSSR count). The van der Waals surface area contributed by atoms with Gasteiger partial charge >= 0.3 is 0 Å². The summed E-state index contributed by atoms with van der Waals surface area (Å²) in [6, 6.07) is 18.4. The topological polar surface area (TPSA) is 17.8 Å². The summed E-state index contributed by atoms with van der Waals surface area (Å²) in [5.74, 6) is 0. The molecule has 0 bridgehead atoms. The molecule has 1 heterocycles. The third-order valence-corrected chi connectivity index (χ3v) is 3.55. The monoisotopic (exact) mass is 266 g/mol. The molecule has 94 valence electrons. The zero-order chi connectivity index (χ0) is 13.1. The molecule has 0 N–H and O–H groups in total. The number of imidazole rings is 1. The molecule has 0 spiro atoms. The number of rotatable bonds is 3. The molecule has 0 unspecified atom stereocenters. The zero-order valence-corrected chi connectivity index (χ0v) is 11.3. The van der Waals surface area contributed by atoms with Crippen LogP contribution in [0.1, 0.15) is 5.56 Å². The largest absolute Gasteiger partial charge is 0.326 e. The number of thiol groups is 1. The SMILES string of the molecule is Sc1ccccc1Cn1cncc1-c1ccccc1. The molecule has 2 aromatic carbocycles. The van der Waals surface area contributed by atoms with Gasteiger partial charge in [-0.25, -0.2) is 4.98 Å². The fourth-order valence-electron chi connectivity index (χ4n) is 2.12. The lowest BCUT2D eigenvalue weighted by Crippen LogP contribution is -2.01. The maximum atomic E-state index is 4.50. The molecule has 0 amide bonds. The molecule has 0 atom stereocenters. The van der Waals surface area contributed by atoms with Gasteiger partial charge in [0.05, 0.1) is 24.8 Å². The van der Waals surface area contributed by atoms with Gasteiger partial charge in [-0.05, 0) is 17.2 Å². The molecule has 2 nitrogen and oxygen atoms in total. The van der Waals surface area contributed by atoms with Crippen molar-refractivity contribution in [2.24, 2.45) is 0 Å². The second-order valence-electron chi connectivity index (χ2n) is 4.40. The number of benzene rings is 2. The highest BCUT2D eigenvalue weighted by atomic mass is 32.1. The minimum absolute atomic E-state index is 0.782. The van der Waals surface area contributed by atoms with Gasteiger partial charge in [-0.1, -0.05) is 48.5 Å². The number of nitrogens with zero attached hydrogens (tertiary/aromatic N) is 2. The molecule has 0 aliphatic heterocycles. The van der Waals surface area contributed by atoms with Crippen LogP contribution in [-0.2, 0) is 6.54 Å². The summed E-state index contributed by atoms with van der Waals surface area (Å²) in [4.78, 5) is 5.27. The van der Waals surface area contributed by atoms with Gasteiger partial charge in [0.15, 0.2) is 0 Å². The van der Waals surface area contributed by atoms with Crippen LogP contribution in [0.3, 0.4) is 0 Å². The third kappa shape index (κ3) is 2.56. The average molecular weight is 266 g/mol. The number of hydrogen-bond donors (Lipinski definition) is 1. The Morgan fingerprint density at radius 1 is 0.947 bits per heavy atom. The fourth-order valence-corrected chi connectivity index (χ4v) is 2.36. The van der Waals surface area contributed by atoms with Crippen molar-refractivity contribution in [1.29, 1.82) is 0 Å². The summed E-state index contributed by atoms with van der Waals surface area (Å²) in [6.07, 6.45) is 3.76. The van der Waals surface area contributed by atoms with E-state index >= 15 is 0 Å². The van der Waals surface area contributed by atoms with Gasteiger partial charge in [-0.3, -0.25) is 0 Å². The van der Waals surface area contributed by atoms with Crippen LogP contribution >= 0.6 is 12.6 Å². The second-order valence-corrected chi connectivity index (χ2v) is 4.88. The summed E-state index contributed by atoms with van der Waals surface area (Å²) >= 11 is 4.50. The van der Waals surface area contributed by atoms with E-state index < -0.39 is 0 Å². The molecular weight excluding hydrogens is 252 g/mol. The summed E-state index contributed by atoms with van der Waals surface area (Å²) in [7, 11) is 0. The quantitative estimate of drug-likeness (QED) is 0.712. The van der Waals surface area contributed by atoms with E-state index in [1.807, 2.05) is 48.9 Å². The molecule has 0 fully saturated rings. The number of aromatic nitrogens is 2. The highest BCUT2D eigenvalue weighted by Gasteiger charge is 2.06. The van der Waals surface area contributed by atoms with Crippen molar-refractivity contribution in [2.45, 2.75) is 11.4 Å². The van der Waals surface area contributed by atoms with Gasteiger partial charge in [0.25, 0.3) is 0 Å². The van der Waals surface area contributed by atoms with E-state index in [4.69, 9.17) is 0 Å². The summed E-state index contributed by atoms with van der Waals surface area (Å²) < 4.78 is 2.14. The molecular formula is C16H14N2S. The summed E-state index contributed by atoms with van der Waals surface area (Å²) in [6.45, 7) is 0.782. The van der Waals surface area contributed by atoms with E-state index in [9.17, 15) is 0 Å². The van der Waals surface area contributed by atoms with Gasteiger partial charge in [0.2, 0.25) is 0 Å². The molecule has 0 saturated carbocycles. The first-order valence-corrected chi connectivity index (χ1v) is 6.62. The lowest BCUT2D eigenvalue weighted by Gasteiger charge is -2.10. The lowest BCUT2D eigenvalue weighted by atomic mass is 10.1. The minimum Gasteiger partial charge on any atom is -0.326 e. The number of hydrogen-bond acceptors (Lipinski definition) is 2. The Hall–Kier alpha value is -2.00. The molecule has 0 radical (unpaired) electrons. The van der Waals surface area contributed by atoms with Crippen molar-refractivity contribution in [3.8, 4) is 11.3 Å². The smallest absolute Gasteiger partial charge is 0.0954 e. The Balaban J connectivity index is 1.96. The third-order valence-electron chi connectivity index (χ3n) is 3.11. The summed E-state index contributed by atoms with van der Waals surface area (Å²) in [5, 5.41) is 0. The maximum Gasteiger partial charge on any atom is 0.0954 e. The fraction of sp³-hybridized carbons (Fsp3) is 0.0625. The first kappa shape index (κ1) is 12.1. The van der Waals surface area contributed by atoms with E-state index in [2.05, 4.69) is 40.4 Å². The first-order chi connectivity index (χ1) is 9.34. The predicted octanol–water partition coefficient (Wildman–Crippen LogP) is 3.89. The van der Waals surface area contributed by atoms with Crippen molar-refractivity contribution in [3.63, 3.8) is 0 Å². The molecule has 0 saturated heterocycles. The predicted molar refractivity (Wildman–Crippen MR) is 80.5 cm³/mol. The maximum absolute atomic E-state index is 4.50. The normalized spacial score (nSPS) is 10.6. The second kappa shape index (κ2) is 5.33. The molecule has 0 aliphatic rings. The highest BCUT2D eigenvalue weighted by molar-refractivity contribution is 7.80. The van der Waals surface area contributed by atoms with Crippen LogP contribution in [0.5, 0.6) is 0 Å².